The summed E-state index contributed by atoms with van der Waals surface area (Å²) in [5, 5.41) is 2.85. The van der Waals surface area contributed by atoms with Gasteiger partial charge in [0.2, 0.25) is 21.8 Å². The normalized spacial score (nSPS) is 18.5. The van der Waals surface area contributed by atoms with Crippen LogP contribution in [0.25, 0.3) is 0 Å². The summed E-state index contributed by atoms with van der Waals surface area (Å²) in [6, 6.07) is 11.4. The number of hydrogen-bond acceptors (Lipinski definition) is 6. The van der Waals surface area contributed by atoms with Gasteiger partial charge in [0.25, 0.3) is 0 Å². The van der Waals surface area contributed by atoms with Crippen LogP contribution in [0.1, 0.15) is 49.5 Å². The third-order valence-electron chi connectivity index (χ3n) is 6.73. The number of fused-ring (bicyclic) bond motifs is 1. The lowest BCUT2D eigenvalue weighted by molar-refractivity contribution is -0.121. The predicted octanol–water partition coefficient (Wildman–Crippen LogP) is 3.20. The first-order valence-electron chi connectivity index (χ1n) is 12.1. The van der Waals surface area contributed by atoms with E-state index in [4.69, 9.17) is 4.74 Å². The highest BCUT2D eigenvalue weighted by Gasteiger charge is 2.34. The maximum absolute atomic E-state index is 13.3. The zero-order valence-electron chi connectivity index (χ0n) is 20.7. The van der Waals surface area contributed by atoms with E-state index >= 15 is 0 Å². The molecule has 2 aromatic rings. The van der Waals surface area contributed by atoms with E-state index in [2.05, 4.69) is 5.32 Å². The molecule has 1 saturated heterocycles. The number of hydrogen-bond donors (Lipinski definition) is 1. The maximum atomic E-state index is 13.3. The third-order valence-corrected chi connectivity index (χ3v) is 8.63. The maximum Gasteiger partial charge on any atom is 0.338 e. The van der Waals surface area contributed by atoms with Crippen LogP contribution in [0.5, 0.6) is 0 Å². The molecule has 2 heterocycles. The SMILES string of the molecule is CCOC(=O)c1ccc(NC(=O)C2CCN(S(=O)(=O)c3ccc4c(c3)C[C@@H](C)N4C(C)=O)CC2)cc1. The van der Waals surface area contributed by atoms with E-state index in [-0.39, 0.29) is 48.4 Å². The lowest BCUT2D eigenvalue weighted by Gasteiger charge is -2.30. The standard InChI is InChI=1S/C26H31N3O6S/c1-4-35-26(32)20-5-7-22(8-6-20)27-25(31)19-11-13-28(14-12-19)36(33,34)23-9-10-24-21(16-23)15-17(2)29(24)18(3)30/h5-10,16-17,19H,4,11-15H2,1-3H3,(H,27,31)/t17-/m1/s1. The summed E-state index contributed by atoms with van der Waals surface area (Å²) in [6.45, 7) is 5.97. The van der Waals surface area contributed by atoms with Gasteiger partial charge in [-0.1, -0.05) is 0 Å². The molecule has 0 aliphatic carbocycles. The van der Waals surface area contributed by atoms with Crippen LogP contribution in [0.4, 0.5) is 11.4 Å². The highest BCUT2D eigenvalue weighted by Crippen LogP contribution is 2.35. The number of piperidine rings is 1. The fourth-order valence-electron chi connectivity index (χ4n) is 4.90. The molecule has 10 heteroatoms. The summed E-state index contributed by atoms with van der Waals surface area (Å²) in [4.78, 5) is 38.4. The highest BCUT2D eigenvalue weighted by atomic mass is 32.2. The first kappa shape index (κ1) is 25.8. The molecular formula is C26H31N3O6S. The van der Waals surface area contributed by atoms with Crippen molar-refractivity contribution in [3.05, 3.63) is 53.6 Å². The Bertz CT molecular complexity index is 1270. The predicted molar refractivity (Wildman–Crippen MR) is 135 cm³/mol. The van der Waals surface area contributed by atoms with Gasteiger partial charge in [0.15, 0.2) is 0 Å². The second kappa shape index (κ2) is 10.4. The van der Waals surface area contributed by atoms with Gasteiger partial charge in [-0.25, -0.2) is 13.2 Å². The van der Waals surface area contributed by atoms with E-state index in [0.29, 0.717) is 30.5 Å². The molecule has 1 N–H and O–H groups in total. The van der Waals surface area contributed by atoms with Crippen molar-refractivity contribution in [2.24, 2.45) is 5.92 Å². The van der Waals surface area contributed by atoms with Crippen LogP contribution >= 0.6 is 0 Å². The summed E-state index contributed by atoms with van der Waals surface area (Å²) in [6.07, 6.45) is 1.43. The van der Waals surface area contributed by atoms with Crippen LogP contribution in [0.15, 0.2) is 47.4 Å². The molecule has 0 unspecified atom stereocenters. The summed E-state index contributed by atoms with van der Waals surface area (Å²) < 4.78 is 33.0. The number of nitrogens with zero attached hydrogens (tertiary/aromatic N) is 2. The highest BCUT2D eigenvalue weighted by molar-refractivity contribution is 7.89. The number of ether oxygens (including phenoxy) is 1. The Labute approximate surface area is 211 Å². The Morgan fingerprint density at radius 3 is 2.33 bits per heavy atom. The quantitative estimate of drug-likeness (QED) is 0.594. The van der Waals surface area contributed by atoms with E-state index in [0.717, 1.165) is 11.3 Å². The summed E-state index contributed by atoms with van der Waals surface area (Å²) >= 11 is 0. The second-order valence-corrected chi connectivity index (χ2v) is 11.1. The molecular weight excluding hydrogens is 482 g/mol. The molecule has 2 aliphatic heterocycles. The van der Waals surface area contributed by atoms with Crippen molar-refractivity contribution in [2.75, 3.05) is 29.9 Å². The number of carbonyl (C=O) groups excluding carboxylic acids is 3. The zero-order chi connectivity index (χ0) is 26.0. The van der Waals surface area contributed by atoms with E-state index in [1.54, 1.807) is 54.3 Å². The van der Waals surface area contributed by atoms with Crippen LogP contribution in [-0.4, -0.2) is 56.2 Å². The van der Waals surface area contributed by atoms with Crippen LogP contribution in [0, 0.1) is 5.92 Å². The third kappa shape index (κ3) is 5.15. The average molecular weight is 514 g/mol. The van der Waals surface area contributed by atoms with Gasteiger partial charge in [-0.05, 0) is 81.1 Å². The van der Waals surface area contributed by atoms with E-state index < -0.39 is 16.0 Å². The van der Waals surface area contributed by atoms with Crippen molar-refractivity contribution in [3.63, 3.8) is 0 Å². The van der Waals surface area contributed by atoms with Crippen molar-refractivity contribution in [1.29, 1.82) is 0 Å². The van der Waals surface area contributed by atoms with Gasteiger partial charge in [0, 0.05) is 43.3 Å². The van der Waals surface area contributed by atoms with Gasteiger partial charge in [0.05, 0.1) is 17.1 Å². The molecule has 1 atom stereocenters. The number of esters is 1. The van der Waals surface area contributed by atoms with E-state index in [1.165, 1.54) is 11.2 Å². The van der Waals surface area contributed by atoms with Gasteiger partial charge in [-0.2, -0.15) is 4.31 Å². The summed E-state index contributed by atoms with van der Waals surface area (Å²) in [5.41, 5.74) is 2.58. The van der Waals surface area contributed by atoms with Crippen LogP contribution in [0.2, 0.25) is 0 Å². The minimum Gasteiger partial charge on any atom is -0.462 e. The largest absolute Gasteiger partial charge is 0.462 e. The Morgan fingerprint density at radius 2 is 1.72 bits per heavy atom. The molecule has 2 aliphatic rings. The molecule has 0 bridgehead atoms. The molecule has 0 radical (unpaired) electrons. The Morgan fingerprint density at radius 1 is 1.06 bits per heavy atom. The first-order chi connectivity index (χ1) is 17.1. The Hall–Kier alpha value is -3.24. The first-order valence-corrected chi connectivity index (χ1v) is 13.6. The van der Waals surface area contributed by atoms with Gasteiger partial charge in [0.1, 0.15) is 0 Å². The minimum absolute atomic E-state index is 0.00826. The molecule has 4 rings (SSSR count). The fraction of sp³-hybridized carbons (Fsp3) is 0.423. The fourth-order valence-corrected chi connectivity index (χ4v) is 6.42. The summed E-state index contributed by atoms with van der Waals surface area (Å²) in [5.74, 6) is -0.969. The number of benzene rings is 2. The number of sulfonamides is 1. The number of carbonyl (C=O) groups is 3. The monoisotopic (exact) mass is 513 g/mol. The molecule has 0 spiro atoms. The molecule has 192 valence electrons. The molecule has 0 saturated carbocycles. The van der Waals surface area contributed by atoms with Gasteiger partial charge in [-0.15, -0.1) is 0 Å². The van der Waals surface area contributed by atoms with Crippen LogP contribution < -0.4 is 10.2 Å². The summed E-state index contributed by atoms with van der Waals surface area (Å²) in [7, 11) is -3.71. The number of amides is 2. The topological polar surface area (TPSA) is 113 Å². The lowest BCUT2D eigenvalue weighted by Crippen LogP contribution is -2.41. The van der Waals surface area contributed by atoms with E-state index in [9.17, 15) is 22.8 Å². The van der Waals surface area contributed by atoms with Gasteiger partial charge < -0.3 is 15.0 Å². The molecule has 9 nitrogen and oxygen atoms in total. The van der Waals surface area contributed by atoms with Gasteiger partial charge in [-0.3, -0.25) is 9.59 Å². The smallest absolute Gasteiger partial charge is 0.338 e. The number of nitrogens with one attached hydrogen (secondary N) is 1. The average Bonchev–Trinajstić information content (AvgIpc) is 3.19. The Balaban J connectivity index is 1.37. The Kier molecular flexibility index (Phi) is 7.46. The van der Waals surface area contributed by atoms with Crippen molar-refractivity contribution >= 4 is 39.2 Å². The van der Waals surface area contributed by atoms with Crippen molar-refractivity contribution in [3.8, 4) is 0 Å². The molecule has 1 fully saturated rings. The van der Waals surface area contributed by atoms with E-state index in [1.807, 2.05) is 6.92 Å². The van der Waals surface area contributed by atoms with Crippen molar-refractivity contribution in [2.45, 2.75) is 51.0 Å². The minimum atomic E-state index is -3.71. The van der Waals surface area contributed by atoms with Crippen molar-refractivity contribution in [1.82, 2.24) is 4.31 Å². The second-order valence-electron chi connectivity index (χ2n) is 9.20. The zero-order valence-corrected chi connectivity index (χ0v) is 21.5. The van der Waals surface area contributed by atoms with Crippen LogP contribution in [0.3, 0.4) is 0 Å². The lowest BCUT2D eigenvalue weighted by atomic mass is 9.97. The number of rotatable bonds is 6. The molecule has 2 aromatic carbocycles. The molecule has 2 amide bonds. The number of anilines is 2. The van der Waals surface area contributed by atoms with Crippen LogP contribution in [-0.2, 0) is 30.8 Å². The van der Waals surface area contributed by atoms with Gasteiger partial charge >= 0.3 is 5.97 Å². The van der Waals surface area contributed by atoms with Crippen molar-refractivity contribution < 1.29 is 27.5 Å². The molecule has 0 aromatic heterocycles. The molecule has 36 heavy (non-hydrogen) atoms.